The summed E-state index contributed by atoms with van der Waals surface area (Å²) in [5.41, 5.74) is 1.91. The van der Waals surface area contributed by atoms with Crippen LogP contribution in [0.3, 0.4) is 0 Å². The van der Waals surface area contributed by atoms with E-state index in [2.05, 4.69) is 34.3 Å². The molecule has 0 saturated heterocycles. The smallest absolute Gasteiger partial charge is 0.0496 e. The van der Waals surface area contributed by atoms with E-state index in [9.17, 15) is 5.11 Å². The van der Waals surface area contributed by atoms with Crippen molar-refractivity contribution in [3.8, 4) is 0 Å². The highest BCUT2D eigenvalue weighted by Gasteiger charge is 2.59. The lowest BCUT2D eigenvalue weighted by atomic mass is 9.52. The molecule has 2 rings (SSSR count). The van der Waals surface area contributed by atoms with Crippen molar-refractivity contribution in [3.63, 3.8) is 0 Å². The van der Waals surface area contributed by atoms with E-state index in [0.29, 0.717) is 17.3 Å². The molecule has 0 bridgehead atoms. The van der Waals surface area contributed by atoms with Gasteiger partial charge in [0.2, 0.25) is 0 Å². The predicted molar refractivity (Wildman–Crippen MR) is 68.1 cm³/mol. The van der Waals surface area contributed by atoms with E-state index < -0.39 is 0 Å². The van der Waals surface area contributed by atoms with E-state index in [1.807, 2.05) is 0 Å². The molecule has 0 aromatic rings. The van der Waals surface area contributed by atoms with Gasteiger partial charge in [-0.3, -0.25) is 0 Å². The van der Waals surface area contributed by atoms with Gasteiger partial charge in [-0.25, -0.2) is 0 Å². The summed E-state index contributed by atoms with van der Waals surface area (Å²) in [7, 11) is 0. The first-order chi connectivity index (χ1) is 7.37. The average molecular weight is 222 g/mol. The van der Waals surface area contributed by atoms with Gasteiger partial charge in [0.1, 0.15) is 0 Å². The van der Waals surface area contributed by atoms with E-state index in [1.54, 1.807) is 0 Å². The Morgan fingerprint density at radius 1 is 1.38 bits per heavy atom. The monoisotopic (exact) mass is 222 g/mol. The number of hydrogen-bond acceptors (Lipinski definition) is 1. The fraction of sp³-hybridized carbons (Fsp3) is 0.867. The summed E-state index contributed by atoms with van der Waals surface area (Å²) in [5.74, 6) is 1.81. The summed E-state index contributed by atoms with van der Waals surface area (Å²) >= 11 is 0. The summed E-state index contributed by atoms with van der Waals surface area (Å²) in [5, 5.41) is 9.50. The van der Waals surface area contributed by atoms with Gasteiger partial charge in [-0.15, -0.1) is 0 Å². The van der Waals surface area contributed by atoms with E-state index >= 15 is 0 Å². The topological polar surface area (TPSA) is 20.2 Å². The summed E-state index contributed by atoms with van der Waals surface area (Å²) < 4.78 is 0. The molecule has 0 aromatic heterocycles. The molecule has 0 heterocycles. The first kappa shape index (κ1) is 12.2. The standard InChI is InChI=1S/C15H26O/c1-10-6-7-14(4)8-13(9-16)12(3)15(14,5)11(10)2/h10-11,13,16H,3,6-9H2,1-2,4-5H3/t10-,11-,13-,14+,15-/m1/s1. The SMILES string of the molecule is C=C1[C@@H](CO)C[C@]2(C)CC[C@@H](C)[C@@H](C)[C@]12C. The maximum Gasteiger partial charge on any atom is 0.0496 e. The third-order valence-corrected chi connectivity index (χ3v) is 6.25. The number of hydrogen-bond donors (Lipinski definition) is 1. The summed E-state index contributed by atoms with van der Waals surface area (Å²) in [6.45, 7) is 14.2. The zero-order valence-electron chi connectivity index (χ0n) is 11.2. The van der Waals surface area contributed by atoms with Gasteiger partial charge in [0, 0.05) is 12.5 Å². The van der Waals surface area contributed by atoms with Gasteiger partial charge >= 0.3 is 0 Å². The molecule has 2 aliphatic rings. The second-order valence-electron chi connectivity index (χ2n) is 6.68. The second-order valence-corrected chi connectivity index (χ2v) is 6.68. The Balaban J connectivity index is 2.42. The summed E-state index contributed by atoms with van der Waals surface area (Å²) in [4.78, 5) is 0. The van der Waals surface area contributed by atoms with Crippen LogP contribution in [0.5, 0.6) is 0 Å². The minimum absolute atomic E-state index is 0.234. The van der Waals surface area contributed by atoms with Gasteiger partial charge in [-0.1, -0.05) is 39.8 Å². The largest absolute Gasteiger partial charge is 0.396 e. The zero-order valence-corrected chi connectivity index (χ0v) is 11.2. The highest BCUT2D eigenvalue weighted by Crippen LogP contribution is 2.67. The maximum absolute atomic E-state index is 9.50. The van der Waals surface area contributed by atoms with Crippen molar-refractivity contribution < 1.29 is 5.11 Å². The average Bonchev–Trinajstić information content (AvgIpc) is 2.47. The highest BCUT2D eigenvalue weighted by atomic mass is 16.3. The minimum atomic E-state index is 0.234. The van der Waals surface area contributed by atoms with Gasteiger partial charge in [0.25, 0.3) is 0 Å². The van der Waals surface area contributed by atoms with Crippen LogP contribution in [-0.2, 0) is 0 Å². The van der Waals surface area contributed by atoms with Gasteiger partial charge in [0.15, 0.2) is 0 Å². The molecule has 0 amide bonds. The molecule has 1 heteroatoms. The number of fused-ring (bicyclic) bond motifs is 1. The van der Waals surface area contributed by atoms with Crippen molar-refractivity contribution in [3.05, 3.63) is 12.2 Å². The molecule has 2 fully saturated rings. The van der Waals surface area contributed by atoms with Crippen LogP contribution in [0.25, 0.3) is 0 Å². The number of rotatable bonds is 1. The molecule has 5 atom stereocenters. The van der Waals surface area contributed by atoms with Gasteiger partial charge < -0.3 is 5.11 Å². The molecule has 0 radical (unpaired) electrons. The Labute approximate surface area is 99.9 Å². The molecular weight excluding hydrogens is 196 g/mol. The molecule has 0 spiro atoms. The van der Waals surface area contributed by atoms with Crippen molar-refractivity contribution in [1.82, 2.24) is 0 Å². The van der Waals surface area contributed by atoms with E-state index in [-0.39, 0.29) is 12.0 Å². The number of aliphatic hydroxyl groups is 1. The Hall–Kier alpha value is -0.300. The van der Waals surface area contributed by atoms with Crippen molar-refractivity contribution in [1.29, 1.82) is 0 Å². The van der Waals surface area contributed by atoms with Crippen molar-refractivity contribution >= 4 is 0 Å². The third-order valence-electron chi connectivity index (χ3n) is 6.25. The van der Waals surface area contributed by atoms with Gasteiger partial charge in [0.05, 0.1) is 0 Å². The van der Waals surface area contributed by atoms with Crippen molar-refractivity contribution in [2.24, 2.45) is 28.6 Å². The Morgan fingerprint density at radius 3 is 2.56 bits per heavy atom. The first-order valence-corrected chi connectivity index (χ1v) is 6.67. The predicted octanol–water partition coefficient (Wildman–Crippen LogP) is 3.63. The van der Waals surface area contributed by atoms with E-state index in [1.165, 1.54) is 18.4 Å². The van der Waals surface area contributed by atoms with Crippen LogP contribution in [0.2, 0.25) is 0 Å². The highest BCUT2D eigenvalue weighted by molar-refractivity contribution is 5.27. The zero-order chi connectivity index (χ0) is 12.1. The minimum Gasteiger partial charge on any atom is -0.396 e. The van der Waals surface area contributed by atoms with Crippen LogP contribution in [-0.4, -0.2) is 11.7 Å². The third kappa shape index (κ3) is 1.27. The van der Waals surface area contributed by atoms with Crippen LogP contribution in [0.4, 0.5) is 0 Å². The fourth-order valence-electron chi connectivity index (χ4n) is 4.43. The molecule has 1 nitrogen and oxygen atoms in total. The Bertz CT molecular complexity index is 309. The van der Waals surface area contributed by atoms with Crippen LogP contribution < -0.4 is 0 Å². The van der Waals surface area contributed by atoms with Crippen molar-refractivity contribution in [2.75, 3.05) is 6.61 Å². The lowest BCUT2D eigenvalue weighted by Crippen LogP contribution is -2.45. The summed E-state index contributed by atoms with van der Waals surface area (Å²) in [6.07, 6.45) is 3.76. The number of aliphatic hydroxyl groups excluding tert-OH is 1. The molecule has 0 unspecified atom stereocenters. The van der Waals surface area contributed by atoms with Crippen LogP contribution in [0, 0.1) is 28.6 Å². The molecule has 2 saturated carbocycles. The first-order valence-electron chi connectivity index (χ1n) is 6.67. The molecule has 1 N–H and O–H groups in total. The van der Waals surface area contributed by atoms with E-state index in [0.717, 1.165) is 12.3 Å². The second kappa shape index (κ2) is 3.60. The van der Waals surface area contributed by atoms with Gasteiger partial charge in [-0.2, -0.15) is 0 Å². The quantitative estimate of drug-likeness (QED) is 0.672. The fourth-order valence-corrected chi connectivity index (χ4v) is 4.43. The molecule has 0 aliphatic heterocycles. The van der Waals surface area contributed by atoms with Crippen LogP contribution in [0.15, 0.2) is 12.2 Å². The lowest BCUT2D eigenvalue weighted by Gasteiger charge is -2.53. The molecule has 16 heavy (non-hydrogen) atoms. The Kier molecular flexibility index (Phi) is 2.73. The van der Waals surface area contributed by atoms with Crippen LogP contribution in [0.1, 0.15) is 47.0 Å². The molecule has 92 valence electrons. The Morgan fingerprint density at radius 2 is 2.00 bits per heavy atom. The van der Waals surface area contributed by atoms with Crippen LogP contribution >= 0.6 is 0 Å². The summed E-state index contributed by atoms with van der Waals surface area (Å²) in [6, 6.07) is 0. The molecule has 0 aromatic carbocycles. The van der Waals surface area contributed by atoms with Gasteiger partial charge in [-0.05, 0) is 41.9 Å². The molecule has 2 aliphatic carbocycles. The van der Waals surface area contributed by atoms with Crippen molar-refractivity contribution in [2.45, 2.75) is 47.0 Å². The normalized spacial score (nSPS) is 52.8. The maximum atomic E-state index is 9.50. The van der Waals surface area contributed by atoms with E-state index in [4.69, 9.17) is 0 Å². The lowest BCUT2D eigenvalue weighted by molar-refractivity contribution is -0.00814. The molecular formula is C15H26O.